The predicted molar refractivity (Wildman–Crippen MR) is 69.3 cm³/mol. The van der Waals surface area contributed by atoms with Gasteiger partial charge in [-0.3, -0.25) is 0 Å². The Bertz CT molecular complexity index is 524. The molecule has 2 rings (SSSR count). The van der Waals surface area contributed by atoms with Gasteiger partial charge in [0.25, 0.3) is 0 Å². The zero-order chi connectivity index (χ0) is 13.0. The Morgan fingerprint density at radius 1 is 1.44 bits per heavy atom. The lowest BCUT2D eigenvalue weighted by atomic mass is 10.2. The molecule has 2 aromatic rings. The van der Waals surface area contributed by atoms with Crippen LogP contribution in [0.4, 0.5) is 0 Å². The number of hydrogen-bond donors (Lipinski definition) is 1. The summed E-state index contributed by atoms with van der Waals surface area (Å²) in [5.41, 5.74) is 1.88. The van der Waals surface area contributed by atoms with Crippen LogP contribution in [0.2, 0.25) is 0 Å². The maximum Gasteiger partial charge on any atom is 0.335 e. The van der Waals surface area contributed by atoms with Crippen LogP contribution in [0.5, 0.6) is 0 Å². The lowest BCUT2D eigenvalue weighted by Crippen LogP contribution is -2.23. The van der Waals surface area contributed by atoms with Gasteiger partial charge >= 0.3 is 5.97 Å². The van der Waals surface area contributed by atoms with Crippen LogP contribution in [-0.4, -0.2) is 29.3 Å². The van der Waals surface area contributed by atoms with Crippen molar-refractivity contribution in [1.82, 2.24) is 4.98 Å². The summed E-state index contributed by atoms with van der Waals surface area (Å²) in [6.45, 7) is 0. The molecule has 4 nitrogen and oxygen atoms in total. The number of methoxy groups -OCH3 is 1. The van der Waals surface area contributed by atoms with Crippen molar-refractivity contribution in [1.29, 1.82) is 0 Å². The fraction of sp³-hybridized carbons (Fsp3) is 0.231. The molecule has 0 amide bonds. The molecule has 1 heterocycles. The van der Waals surface area contributed by atoms with Gasteiger partial charge in [0.2, 0.25) is 0 Å². The molecule has 94 valence electrons. The van der Waals surface area contributed by atoms with E-state index < -0.39 is 12.1 Å². The molecule has 18 heavy (non-hydrogen) atoms. The fourth-order valence-corrected chi connectivity index (χ4v) is 2.37. The van der Waals surface area contributed by atoms with Crippen LogP contribution in [0.25, 0.3) is 11.3 Å². The minimum atomic E-state index is -1.15. The number of esters is 1. The van der Waals surface area contributed by atoms with Gasteiger partial charge in [-0.15, -0.1) is 11.3 Å². The molecule has 1 aromatic carbocycles. The summed E-state index contributed by atoms with van der Waals surface area (Å²) in [5.74, 6) is -0.633. The van der Waals surface area contributed by atoms with E-state index in [1.54, 1.807) is 0 Å². The first-order valence-electron chi connectivity index (χ1n) is 5.46. The first-order valence-corrected chi connectivity index (χ1v) is 6.34. The molecule has 1 aromatic heterocycles. The minimum Gasteiger partial charge on any atom is -0.467 e. The van der Waals surface area contributed by atoms with Gasteiger partial charge in [-0.1, -0.05) is 30.3 Å². The second kappa shape index (κ2) is 5.75. The SMILES string of the molecule is COC(=O)C(O)Cc1nc(-c2ccccc2)cs1. The highest BCUT2D eigenvalue weighted by atomic mass is 32.1. The summed E-state index contributed by atoms with van der Waals surface area (Å²) in [4.78, 5) is 15.5. The van der Waals surface area contributed by atoms with Gasteiger partial charge in [0.15, 0.2) is 6.10 Å². The van der Waals surface area contributed by atoms with Crippen LogP contribution in [-0.2, 0) is 16.0 Å². The number of ether oxygens (including phenoxy) is 1. The predicted octanol–water partition coefficient (Wildman–Crippen LogP) is 1.89. The first-order chi connectivity index (χ1) is 8.70. The third-order valence-corrected chi connectivity index (χ3v) is 3.33. The molecule has 0 fully saturated rings. The van der Waals surface area contributed by atoms with E-state index >= 15 is 0 Å². The lowest BCUT2D eigenvalue weighted by Gasteiger charge is -2.05. The summed E-state index contributed by atoms with van der Waals surface area (Å²) in [6.07, 6.45) is -0.964. The van der Waals surface area contributed by atoms with Crippen molar-refractivity contribution in [2.45, 2.75) is 12.5 Å². The van der Waals surface area contributed by atoms with Gasteiger partial charge in [-0.25, -0.2) is 9.78 Å². The van der Waals surface area contributed by atoms with Crippen molar-refractivity contribution in [3.8, 4) is 11.3 Å². The number of aromatic nitrogens is 1. The molecular weight excluding hydrogens is 250 g/mol. The number of benzene rings is 1. The molecule has 0 aliphatic carbocycles. The molecular formula is C13H13NO3S. The highest BCUT2D eigenvalue weighted by Crippen LogP contribution is 2.22. The van der Waals surface area contributed by atoms with Crippen molar-refractivity contribution in [2.75, 3.05) is 7.11 Å². The molecule has 0 saturated heterocycles. The van der Waals surface area contributed by atoms with Crippen molar-refractivity contribution >= 4 is 17.3 Å². The zero-order valence-corrected chi connectivity index (χ0v) is 10.7. The van der Waals surface area contributed by atoms with Gasteiger partial charge in [0, 0.05) is 17.4 Å². The van der Waals surface area contributed by atoms with Crippen LogP contribution in [0.15, 0.2) is 35.7 Å². The van der Waals surface area contributed by atoms with E-state index in [1.807, 2.05) is 35.7 Å². The van der Waals surface area contributed by atoms with Crippen molar-refractivity contribution in [2.24, 2.45) is 0 Å². The molecule has 1 N–H and O–H groups in total. The summed E-state index contributed by atoms with van der Waals surface area (Å²) in [5, 5.41) is 12.2. The normalized spacial score (nSPS) is 12.1. The van der Waals surface area contributed by atoms with Crippen molar-refractivity contribution in [3.05, 3.63) is 40.7 Å². The monoisotopic (exact) mass is 263 g/mol. The number of rotatable bonds is 4. The van der Waals surface area contributed by atoms with Crippen LogP contribution >= 0.6 is 11.3 Å². The fourth-order valence-electron chi connectivity index (χ4n) is 1.53. The van der Waals surface area contributed by atoms with E-state index in [-0.39, 0.29) is 6.42 Å². The van der Waals surface area contributed by atoms with Crippen LogP contribution in [0.3, 0.4) is 0 Å². The molecule has 0 radical (unpaired) electrons. The van der Waals surface area contributed by atoms with E-state index in [4.69, 9.17) is 0 Å². The highest BCUT2D eigenvalue weighted by Gasteiger charge is 2.17. The van der Waals surface area contributed by atoms with Crippen molar-refractivity contribution in [3.63, 3.8) is 0 Å². The summed E-state index contributed by atoms with van der Waals surface area (Å²) < 4.78 is 4.46. The molecule has 0 bridgehead atoms. The average molecular weight is 263 g/mol. The van der Waals surface area contributed by atoms with Gasteiger partial charge in [0.05, 0.1) is 17.8 Å². The number of aliphatic hydroxyl groups is 1. The highest BCUT2D eigenvalue weighted by molar-refractivity contribution is 7.10. The molecule has 0 saturated carbocycles. The number of nitrogens with zero attached hydrogens (tertiary/aromatic N) is 1. The standard InChI is InChI=1S/C13H13NO3S/c1-17-13(16)11(15)7-12-14-10(8-18-12)9-5-3-2-4-6-9/h2-6,8,11,15H,7H2,1H3. The third kappa shape index (κ3) is 2.94. The average Bonchev–Trinajstić information content (AvgIpc) is 2.87. The smallest absolute Gasteiger partial charge is 0.335 e. The summed E-state index contributed by atoms with van der Waals surface area (Å²) in [6, 6.07) is 9.76. The maximum absolute atomic E-state index is 11.1. The molecule has 0 aliphatic rings. The van der Waals surface area contributed by atoms with Crippen LogP contribution in [0, 0.1) is 0 Å². The van der Waals surface area contributed by atoms with E-state index in [9.17, 15) is 9.90 Å². The second-order valence-electron chi connectivity index (χ2n) is 3.74. The Morgan fingerprint density at radius 2 is 2.17 bits per heavy atom. The zero-order valence-electron chi connectivity index (χ0n) is 9.87. The minimum absolute atomic E-state index is 0.185. The maximum atomic E-state index is 11.1. The van der Waals surface area contributed by atoms with E-state index in [0.717, 1.165) is 11.3 Å². The summed E-state index contributed by atoms with van der Waals surface area (Å²) >= 11 is 1.42. The Hall–Kier alpha value is -1.72. The number of carbonyl (C=O) groups excluding carboxylic acids is 1. The molecule has 5 heteroatoms. The quantitative estimate of drug-likeness (QED) is 0.856. The Labute approximate surface area is 109 Å². The lowest BCUT2D eigenvalue weighted by molar-refractivity contribution is -0.150. The van der Waals surface area contributed by atoms with Gasteiger partial charge in [0.1, 0.15) is 0 Å². The first kappa shape index (κ1) is 12.7. The largest absolute Gasteiger partial charge is 0.467 e. The summed E-state index contributed by atoms with van der Waals surface area (Å²) in [7, 11) is 1.25. The molecule has 0 spiro atoms. The van der Waals surface area contributed by atoms with Gasteiger partial charge in [-0.05, 0) is 0 Å². The Morgan fingerprint density at radius 3 is 2.83 bits per heavy atom. The van der Waals surface area contributed by atoms with Gasteiger partial charge in [-0.2, -0.15) is 0 Å². The number of carbonyl (C=O) groups is 1. The Kier molecular flexibility index (Phi) is 4.07. The number of thiazole rings is 1. The molecule has 1 atom stereocenters. The topological polar surface area (TPSA) is 59.4 Å². The van der Waals surface area contributed by atoms with Crippen LogP contribution in [0.1, 0.15) is 5.01 Å². The number of aliphatic hydroxyl groups excluding tert-OH is 1. The van der Waals surface area contributed by atoms with E-state index in [1.165, 1.54) is 18.4 Å². The second-order valence-corrected chi connectivity index (χ2v) is 4.68. The van der Waals surface area contributed by atoms with Crippen molar-refractivity contribution < 1.29 is 14.6 Å². The van der Waals surface area contributed by atoms with Crippen LogP contribution < -0.4 is 0 Å². The molecule has 1 unspecified atom stereocenters. The number of hydrogen-bond acceptors (Lipinski definition) is 5. The van der Waals surface area contributed by atoms with E-state index in [2.05, 4.69) is 9.72 Å². The van der Waals surface area contributed by atoms with Gasteiger partial charge < -0.3 is 9.84 Å². The molecule has 0 aliphatic heterocycles. The third-order valence-electron chi connectivity index (χ3n) is 2.46. The Balaban J connectivity index is 2.09. The van der Waals surface area contributed by atoms with E-state index in [0.29, 0.717) is 5.01 Å².